The van der Waals surface area contributed by atoms with Gasteiger partial charge in [-0.05, 0) is 59.2 Å². The Labute approximate surface area is 162 Å². The Morgan fingerprint density at radius 1 is 1.15 bits per heavy atom. The van der Waals surface area contributed by atoms with Crippen LogP contribution in [0.5, 0.6) is 0 Å². The van der Waals surface area contributed by atoms with Gasteiger partial charge in [-0.15, -0.1) is 0 Å². The molecule has 0 aliphatic rings. The zero-order chi connectivity index (χ0) is 20.5. The van der Waals surface area contributed by atoms with E-state index in [1.54, 1.807) is 12.1 Å². The Bertz CT molecular complexity index is 682. The average Bonchev–Trinajstić information content (AvgIpc) is 2.55. The molecule has 148 valence electrons. The molecule has 0 unspecified atom stereocenters. The number of nitrogens with one attached hydrogen (secondary N) is 3. The van der Waals surface area contributed by atoms with Crippen LogP contribution in [0, 0.1) is 11.3 Å². The SMILES string of the molecule is CCNC(=NCc1ccc(C#N)cc1)NCC(C)(C)NC(=O)OC(C)(C)C. The average molecular weight is 374 g/mol. The first-order valence-electron chi connectivity index (χ1n) is 9.07. The molecular formula is C20H31N5O2. The second kappa shape index (κ2) is 9.81. The van der Waals surface area contributed by atoms with E-state index < -0.39 is 17.2 Å². The van der Waals surface area contributed by atoms with Gasteiger partial charge in [0.25, 0.3) is 0 Å². The van der Waals surface area contributed by atoms with Crippen molar-refractivity contribution in [3.63, 3.8) is 0 Å². The van der Waals surface area contributed by atoms with E-state index in [0.717, 1.165) is 12.1 Å². The van der Waals surface area contributed by atoms with Crippen molar-refractivity contribution in [3.8, 4) is 6.07 Å². The molecule has 1 aromatic carbocycles. The number of benzene rings is 1. The molecule has 1 aromatic rings. The van der Waals surface area contributed by atoms with Crippen molar-refractivity contribution in [1.82, 2.24) is 16.0 Å². The van der Waals surface area contributed by atoms with Crippen LogP contribution in [-0.4, -0.2) is 36.3 Å². The molecule has 0 aliphatic heterocycles. The third-order valence-electron chi connectivity index (χ3n) is 3.38. The largest absolute Gasteiger partial charge is 0.444 e. The summed E-state index contributed by atoms with van der Waals surface area (Å²) in [7, 11) is 0. The lowest BCUT2D eigenvalue weighted by atomic mass is 10.1. The fourth-order valence-electron chi connectivity index (χ4n) is 2.13. The molecule has 1 rings (SSSR count). The van der Waals surface area contributed by atoms with Crippen molar-refractivity contribution in [2.45, 2.75) is 59.2 Å². The summed E-state index contributed by atoms with van der Waals surface area (Å²) in [6.07, 6.45) is -0.450. The van der Waals surface area contributed by atoms with Gasteiger partial charge in [-0.1, -0.05) is 12.1 Å². The number of alkyl carbamates (subject to hydrolysis) is 1. The van der Waals surface area contributed by atoms with E-state index in [-0.39, 0.29) is 0 Å². The van der Waals surface area contributed by atoms with Crippen LogP contribution in [0.15, 0.2) is 29.3 Å². The second-order valence-corrected chi connectivity index (χ2v) is 7.87. The van der Waals surface area contributed by atoms with Crippen molar-refractivity contribution in [2.24, 2.45) is 4.99 Å². The number of guanidine groups is 1. The van der Waals surface area contributed by atoms with E-state index >= 15 is 0 Å². The number of hydrogen-bond acceptors (Lipinski definition) is 4. The fourth-order valence-corrected chi connectivity index (χ4v) is 2.13. The van der Waals surface area contributed by atoms with Gasteiger partial charge >= 0.3 is 6.09 Å². The fraction of sp³-hybridized carbons (Fsp3) is 0.550. The molecule has 0 atom stereocenters. The summed E-state index contributed by atoms with van der Waals surface area (Å²) >= 11 is 0. The normalized spacial score (nSPS) is 12.1. The van der Waals surface area contributed by atoms with Crippen LogP contribution in [0.25, 0.3) is 0 Å². The number of nitrogens with zero attached hydrogens (tertiary/aromatic N) is 2. The van der Waals surface area contributed by atoms with Crippen molar-refractivity contribution < 1.29 is 9.53 Å². The molecule has 1 amide bonds. The Balaban J connectivity index is 2.64. The maximum absolute atomic E-state index is 12.0. The third kappa shape index (κ3) is 9.50. The van der Waals surface area contributed by atoms with E-state index in [1.165, 1.54) is 0 Å². The number of rotatable bonds is 6. The summed E-state index contributed by atoms with van der Waals surface area (Å²) in [6.45, 7) is 13.0. The number of nitriles is 1. The minimum Gasteiger partial charge on any atom is -0.444 e. The zero-order valence-electron chi connectivity index (χ0n) is 17.1. The molecule has 0 aromatic heterocycles. The highest BCUT2D eigenvalue weighted by molar-refractivity contribution is 5.80. The van der Waals surface area contributed by atoms with Crippen LogP contribution in [0.3, 0.4) is 0 Å². The molecule has 0 saturated heterocycles. The minimum absolute atomic E-state index is 0.450. The molecule has 3 N–H and O–H groups in total. The monoisotopic (exact) mass is 373 g/mol. The first-order valence-corrected chi connectivity index (χ1v) is 9.07. The van der Waals surface area contributed by atoms with Crippen LogP contribution in [-0.2, 0) is 11.3 Å². The molecule has 0 bridgehead atoms. The third-order valence-corrected chi connectivity index (χ3v) is 3.38. The van der Waals surface area contributed by atoms with Gasteiger partial charge in [-0.25, -0.2) is 9.79 Å². The van der Waals surface area contributed by atoms with E-state index in [1.807, 2.05) is 53.7 Å². The van der Waals surface area contributed by atoms with Gasteiger partial charge in [-0.2, -0.15) is 5.26 Å². The van der Waals surface area contributed by atoms with E-state index in [0.29, 0.717) is 24.6 Å². The number of amides is 1. The molecule has 0 aliphatic carbocycles. The molecule has 0 spiro atoms. The van der Waals surface area contributed by atoms with Gasteiger partial charge < -0.3 is 20.7 Å². The Morgan fingerprint density at radius 2 is 1.78 bits per heavy atom. The van der Waals surface area contributed by atoms with E-state index in [2.05, 4.69) is 27.0 Å². The Morgan fingerprint density at radius 3 is 2.30 bits per heavy atom. The van der Waals surface area contributed by atoms with Gasteiger partial charge in [0.1, 0.15) is 5.60 Å². The van der Waals surface area contributed by atoms with Crippen LogP contribution in [0.2, 0.25) is 0 Å². The highest BCUT2D eigenvalue weighted by Crippen LogP contribution is 2.09. The van der Waals surface area contributed by atoms with Gasteiger partial charge in [0.15, 0.2) is 5.96 Å². The van der Waals surface area contributed by atoms with Gasteiger partial charge in [0.05, 0.1) is 23.7 Å². The first-order chi connectivity index (χ1) is 12.5. The molecule has 0 saturated carbocycles. The number of carbonyl (C=O) groups excluding carboxylic acids is 1. The number of carbonyl (C=O) groups is 1. The first kappa shape index (κ1) is 22.3. The van der Waals surface area contributed by atoms with E-state index in [9.17, 15) is 4.79 Å². The lowest BCUT2D eigenvalue weighted by Crippen LogP contribution is -2.54. The minimum atomic E-state index is -0.537. The Kier molecular flexibility index (Phi) is 8.10. The van der Waals surface area contributed by atoms with Crippen molar-refractivity contribution in [2.75, 3.05) is 13.1 Å². The van der Waals surface area contributed by atoms with Gasteiger partial charge in [0.2, 0.25) is 0 Å². The van der Waals surface area contributed by atoms with Crippen molar-refractivity contribution in [3.05, 3.63) is 35.4 Å². The zero-order valence-corrected chi connectivity index (χ0v) is 17.1. The smallest absolute Gasteiger partial charge is 0.408 e. The lowest BCUT2D eigenvalue weighted by molar-refractivity contribution is 0.0474. The van der Waals surface area contributed by atoms with Crippen LogP contribution in [0.1, 0.15) is 52.7 Å². The Hall–Kier alpha value is -2.75. The van der Waals surface area contributed by atoms with Crippen LogP contribution >= 0.6 is 0 Å². The van der Waals surface area contributed by atoms with Crippen LogP contribution < -0.4 is 16.0 Å². The van der Waals surface area contributed by atoms with Crippen molar-refractivity contribution >= 4 is 12.1 Å². The number of hydrogen-bond donors (Lipinski definition) is 3. The summed E-state index contributed by atoms with van der Waals surface area (Å²) in [4.78, 5) is 16.5. The molecule has 7 heteroatoms. The standard InChI is InChI=1S/C20H31N5O2/c1-7-22-17(23-13-16-10-8-15(12-21)9-11-16)24-14-20(5,6)25-18(26)27-19(2,3)4/h8-11H,7,13-14H2,1-6H3,(H,25,26)(H2,22,23,24). The summed E-state index contributed by atoms with van der Waals surface area (Å²) in [5, 5.41) is 18.1. The number of aliphatic imine (C=N–C) groups is 1. The highest BCUT2D eigenvalue weighted by atomic mass is 16.6. The predicted octanol–water partition coefficient (Wildman–Crippen LogP) is 2.92. The molecule has 0 fully saturated rings. The number of ether oxygens (including phenoxy) is 1. The van der Waals surface area contributed by atoms with Crippen molar-refractivity contribution in [1.29, 1.82) is 5.26 Å². The summed E-state index contributed by atoms with van der Waals surface area (Å²) < 4.78 is 5.31. The quantitative estimate of drug-likeness (QED) is 0.526. The molecule has 0 radical (unpaired) electrons. The van der Waals surface area contributed by atoms with Gasteiger partial charge in [0, 0.05) is 13.1 Å². The molecular weight excluding hydrogens is 342 g/mol. The lowest BCUT2D eigenvalue weighted by Gasteiger charge is -2.29. The second-order valence-electron chi connectivity index (χ2n) is 7.87. The topological polar surface area (TPSA) is 98.5 Å². The summed E-state index contributed by atoms with van der Waals surface area (Å²) in [5.74, 6) is 0.654. The maximum Gasteiger partial charge on any atom is 0.408 e. The highest BCUT2D eigenvalue weighted by Gasteiger charge is 2.24. The summed E-state index contributed by atoms with van der Waals surface area (Å²) in [6, 6.07) is 9.43. The maximum atomic E-state index is 12.0. The summed E-state index contributed by atoms with van der Waals surface area (Å²) in [5.41, 5.74) is 0.581. The van der Waals surface area contributed by atoms with Crippen LogP contribution in [0.4, 0.5) is 4.79 Å². The molecule has 7 nitrogen and oxygen atoms in total. The van der Waals surface area contributed by atoms with Gasteiger partial charge in [-0.3, -0.25) is 0 Å². The molecule has 0 heterocycles. The predicted molar refractivity (Wildman–Crippen MR) is 107 cm³/mol. The van der Waals surface area contributed by atoms with E-state index in [4.69, 9.17) is 10.00 Å². The molecule has 27 heavy (non-hydrogen) atoms.